The third-order valence-corrected chi connectivity index (χ3v) is 4.05. The van der Waals surface area contributed by atoms with Gasteiger partial charge in [0.25, 0.3) is 0 Å². The third-order valence-electron chi connectivity index (χ3n) is 2.96. The first-order valence-electron chi connectivity index (χ1n) is 5.97. The maximum atomic E-state index is 10.9. The molecule has 0 saturated carbocycles. The molecule has 0 aliphatic carbocycles. The second kappa shape index (κ2) is 6.15. The molecule has 1 atom stereocenters. The average Bonchev–Trinajstić information content (AvgIpc) is 2.31. The quantitative estimate of drug-likeness (QED) is 0.883. The molecule has 0 aromatic carbocycles. The van der Waals surface area contributed by atoms with E-state index in [1.807, 2.05) is 24.8 Å². The number of nitrogens with zero attached hydrogens (tertiary/aromatic N) is 3. The molecule has 98 valence electrons. The van der Waals surface area contributed by atoms with Crippen LogP contribution in [0.3, 0.4) is 0 Å². The highest BCUT2D eigenvalue weighted by molar-refractivity contribution is 7.99. The number of thioether (sulfide) groups is 1. The van der Waals surface area contributed by atoms with E-state index in [1.165, 1.54) is 0 Å². The Kier molecular flexibility index (Phi) is 4.54. The van der Waals surface area contributed by atoms with Crippen LogP contribution in [-0.2, 0) is 11.3 Å². The van der Waals surface area contributed by atoms with Crippen LogP contribution in [0.1, 0.15) is 17.9 Å². The first kappa shape index (κ1) is 13.3. The van der Waals surface area contributed by atoms with Gasteiger partial charge < -0.3 is 5.11 Å². The fourth-order valence-electron chi connectivity index (χ4n) is 2.09. The van der Waals surface area contributed by atoms with E-state index in [0.717, 1.165) is 29.6 Å². The van der Waals surface area contributed by atoms with E-state index in [2.05, 4.69) is 14.9 Å². The Morgan fingerprint density at radius 2 is 2.50 bits per heavy atom. The summed E-state index contributed by atoms with van der Waals surface area (Å²) in [6.07, 6.45) is 1.96. The van der Waals surface area contributed by atoms with Gasteiger partial charge in [0.1, 0.15) is 5.82 Å². The van der Waals surface area contributed by atoms with Crippen molar-refractivity contribution < 1.29 is 9.90 Å². The highest BCUT2D eigenvalue weighted by Crippen LogP contribution is 2.20. The Morgan fingerprint density at radius 1 is 1.67 bits per heavy atom. The maximum Gasteiger partial charge on any atom is 0.304 e. The summed E-state index contributed by atoms with van der Waals surface area (Å²) >= 11 is 1.82. The zero-order valence-corrected chi connectivity index (χ0v) is 11.2. The van der Waals surface area contributed by atoms with Gasteiger partial charge >= 0.3 is 5.97 Å². The van der Waals surface area contributed by atoms with Crippen molar-refractivity contribution in [2.75, 3.05) is 18.1 Å². The van der Waals surface area contributed by atoms with Gasteiger partial charge in [-0.2, -0.15) is 11.8 Å². The van der Waals surface area contributed by atoms with Crippen molar-refractivity contribution in [2.45, 2.75) is 25.9 Å². The van der Waals surface area contributed by atoms with Gasteiger partial charge in [-0.1, -0.05) is 0 Å². The van der Waals surface area contributed by atoms with Gasteiger partial charge in [-0.05, 0) is 13.0 Å². The molecule has 1 saturated heterocycles. The van der Waals surface area contributed by atoms with E-state index in [4.69, 9.17) is 5.11 Å². The van der Waals surface area contributed by atoms with Crippen LogP contribution in [0, 0.1) is 6.92 Å². The Morgan fingerprint density at radius 3 is 3.22 bits per heavy atom. The summed E-state index contributed by atoms with van der Waals surface area (Å²) in [7, 11) is 0. The fraction of sp³-hybridized carbons (Fsp3) is 0.583. The number of carbonyl (C=O) groups is 1. The number of hydrogen-bond donors (Lipinski definition) is 1. The summed E-state index contributed by atoms with van der Waals surface area (Å²) in [5.74, 6) is 1.97. The summed E-state index contributed by atoms with van der Waals surface area (Å²) < 4.78 is 0. The van der Waals surface area contributed by atoms with Crippen LogP contribution in [0.15, 0.2) is 12.3 Å². The van der Waals surface area contributed by atoms with Crippen molar-refractivity contribution in [3.05, 3.63) is 23.8 Å². The highest BCUT2D eigenvalue weighted by Gasteiger charge is 2.25. The lowest BCUT2D eigenvalue weighted by atomic mass is 10.2. The van der Waals surface area contributed by atoms with Crippen LogP contribution in [0.4, 0.5) is 0 Å². The van der Waals surface area contributed by atoms with Crippen LogP contribution < -0.4 is 0 Å². The molecule has 6 heteroatoms. The first-order chi connectivity index (χ1) is 8.65. The van der Waals surface area contributed by atoms with E-state index in [1.54, 1.807) is 6.20 Å². The van der Waals surface area contributed by atoms with Crippen LogP contribution >= 0.6 is 11.8 Å². The lowest BCUT2D eigenvalue weighted by molar-refractivity contribution is -0.138. The average molecular weight is 267 g/mol. The molecule has 1 aromatic rings. The molecule has 0 spiro atoms. The topological polar surface area (TPSA) is 66.3 Å². The molecule has 5 nitrogen and oxygen atoms in total. The molecule has 2 heterocycles. The monoisotopic (exact) mass is 267 g/mol. The standard InChI is InChI=1S/C12H17N3O2S/c1-9-13-3-2-10(14-9)7-15-4-5-18-8-11(15)6-12(16)17/h2-3,11H,4-8H2,1H3,(H,16,17). The third kappa shape index (κ3) is 3.68. The Balaban J connectivity index is 2.03. The molecule has 0 amide bonds. The largest absolute Gasteiger partial charge is 0.481 e. The van der Waals surface area contributed by atoms with E-state index < -0.39 is 5.97 Å². The van der Waals surface area contributed by atoms with E-state index >= 15 is 0 Å². The van der Waals surface area contributed by atoms with Crippen molar-refractivity contribution in [3.8, 4) is 0 Å². The molecule has 1 fully saturated rings. The molecule has 1 aliphatic rings. The van der Waals surface area contributed by atoms with Gasteiger partial charge in [0.2, 0.25) is 0 Å². The lowest BCUT2D eigenvalue weighted by Crippen LogP contribution is -2.43. The predicted octanol–water partition coefficient (Wildman–Crippen LogP) is 1.18. The van der Waals surface area contributed by atoms with Crippen LogP contribution in [0.25, 0.3) is 0 Å². The molecule has 18 heavy (non-hydrogen) atoms. The van der Waals surface area contributed by atoms with E-state index in [-0.39, 0.29) is 12.5 Å². The Labute approximate surface area is 111 Å². The summed E-state index contributed by atoms with van der Waals surface area (Å²) in [6.45, 7) is 3.50. The summed E-state index contributed by atoms with van der Waals surface area (Å²) in [6, 6.07) is 2.00. The number of aliphatic carboxylic acids is 1. The predicted molar refractivity (Wildman–Crippen MR) is 70.5 cm³/mol. The van der Waals surface area contributed by atoms with Gasteiger partial charge in [0, 0.05) is 36.8 Å². The fourth-order valence-corrected chi connectivity index (χ4v) is 3.22. The summed E-state index contributed by atoms with van der Waals surface area (Å²) in [4.78, 5) is 21.5. The summed E-state index contributed by atoms with van der Waals surface area (Å²) in [5, 5.41) is 8.93. The van der Waals surface area contributed by atoms with Gasteiger partial charge in [-0.15, -0.1) is 0 Å². The molecule has 1 aliphatic heterocycles. The highest BCUT2D eigenvalue weighted by atomic mass is 32.2. The Bertz CT molecular complexity index is 428. The molecule has 0 radical (unpaired) electrons. The molecular weight excluding hydrogens is 250 g/mol. The van der Waals surface area contributed by atoms with E-state index in [0.29, 0.717) is 6.54 Å². The normalized spacial score (nSPS) is 20.8. The van der Waals surface area contributed by atoms with Crippen molar-refractivity contribution in [2.24, 2.45) is 0 Å². The molecule has 1 unspecified atom stereocenters. The van der Waals surface area contributed by atoms with Crippen molar-refractivity contribution in [1.82, 2.24) is 14.9 Å². The number of aryl methyl sites for hydroxylation is 1. The minimum Gasteiger partial charge on any atom is -0.481 e. The second-order valence-electron chi connectivity index (χ2n) is 4.39. The molecular formula is C12H17N3O2S. The van der Waals surface area contributed by atoms with Crippen molar-refractivity contribution in [1.29, 1.82) is 0 Å². The molecule has 1 aromatic heterocycles. The van der Waals surface area contributed by atoms with Crippen LogP contribution in [0.5, 0.6) is 0 Å². The van der Waals surface area contributed by atoms with Crippen LogP contribution in [-0.4, -0.2) is 50.0 Å². The van der Waals surface area contributed by atoms with E-state index in [9.17, 15) is 4.79 Å². The minimum atomic E-state index is -0.730. The SMILES string of the molecule is Cc1nccc(CN2CCSCC2CC(=O)O)n1. The van der Waals surface area contributed by atoms with Gasteiger partial charge in [0.15, 0.2) is 0 Å². The number of aromatic nitrogens is 2. The van der Waals surface area contributed by atoms with Gasteiger partial charge in [-0.3, -0.25) is 9.69 Å². The van der Waals surface area contributed by atoms with Gasteiger partial charge in [-0.25, -0.2) is 9.97 Å². The second-order valence-corrected chi connectivity index (χ2v) is 5.54. The number of hydrogen-bond acceptors (Lipinski definition) is 5. The smallest absolute Gasteiger partial charge is 0.304 e. The van der Waals surface area contributed by atoms with Crippen molar-refractivity contribution >= 4 is 17.7 Å². The first-order valence-corrected chi connectivity index (χ1v) is 7.13. The number of rotatable bonds is 4. The number of carboxylic acid groups (broad SMARTS) is 1. The zero-order valence-electron chi connectivity index (χ0n) is 10.4. The molecule has 2 rings (SSSR count). The van der Waals surface area contributed by atoms with Crippen molar-refractivity contribution in [3.63, 3.8) is 0 Å². The number of carboxylic acids is 1. The molecule has 1 N–H and O–H groups in total. The Hall–Kier alpha value is -1.14. The zero-order chi connectivity index (χ0) is 13.0. The summed E-state index contributed by atoms with van der Waals surface area (Å²) in [5.41, 5.74) is 0.963. The maximum absolute atomic E-state index is 10.9. The van der Waals surface area contributed by atoms with Crippen LogP contribution in [0.2, 0.25) is 0 Å². The molecule has 0 bridgehead atoms. The lowest BCUT2D eigenvalue weighted by Gasteiger charge is -2.34. The van der Waals surface area contributed by atoms with Gasteiger partial charge in [0.05, 0.1) is 12.1 Å². The minimum absolute atomic E-state index is 0.108.